The fourth-order valence-corrected chi connectivity index (χ4v) is 1.98. The fourth-order valence-electron chi connectivity index (χ4n) is 1.98. The Balaban J connectivity index is 2.26. The molecule has 0 heterocycles. The number of nitrogens with one attached hydrogen (secondary N) is 2. The smallest absolute Gasteiger partial charge is 0.318 e. The van der Waals surface area contributed by atoms with Crippen LogP contribution in [0.3, 0.4) is 0 Å². The van der Waals surface area contributed by atoms with Crippen LogP contribution in [-0.4, -0.2) is 11.8 Å². The number of carbonyl (C=O) groups is 2. The van der Waals surface area contributed by atoms with E-state index in [0.29, 0.717) is 6.07 Å². The summed E-state index contributed by atoms with van der Waals surface area (Å²) in [6.07, 6.45) is -10.3. The van der Waals surface area contributed by atoms with Gasteiger partial charge >= 0.3 is 24.2 Å². The molecule has 28 heavy (non-hydrogen) atoms. The molecule has 0 atom stereocenters. The summed E-state index contributed by atoms with van der Waals surface area (Å²) in [6.45, 7) is 0. The largest absolute Gasteiger partial charge is 0.416 e. The predicted octanol–water partition coefficient (Wildman–Crippen LogP) is 4.58. The SMILES string of the molecule is O=C(Nc1cc(C(F)(F)F)cc(C(F)(F)F)c1)C(=O)Nc1ccc(F)cc1F. The van der Waals surface area contributed by atoms with Gasteiger partial charge in [0.25, 0.3) is 0 Å². The molecule has 0 unspecified atom stereocenters. The lowest BCUT2D eigenvalue weighted by Crippen LogP contribution is -2.29. The molecule has 0 aromatic heterocycles. The van der Waals surface area contributed by atoms with Crippen molar-refractivity contribution >= 4 is 23.2 Å². The molecule has 0 saturated heterocycles. The summed E-state index contributed by atoms with van der Waals surface area (Å²) in [5.41, 5.74) is -4.99. The molecule has 0 aliphatic heterocycles. The van der Waals surface area contributed by atoms with Crippen molar-refractivity contribution in [3.63, 3.8) is 0 Å². The molecule has 0 aliphatic rings. The summed E-state index contributed by atoms with van der Waals surface area (Å²) in [5, 5.41) is 3.28. The Kier molecular flexibility index (Phi) is 5.62. The molecule has 0 aliphatic carbocycles. The second kappa shape index (κ2) is 7.44. The van der Waals surface area contributed by atoms with Crippen molar-refractivity contribution in [2.45, 2.75) is 12.4 Å². The maximum Gasteiger partial charge on any atom is 0.416 e. The predicted molar refractivity (Wildman–Crippen MR) is 80.1 cm³/mol. The molecule has 150 valence electrons. The summed E-state index contributed by atoms with van der Waals surface area (Å²) < 4.78 is 103. The highest BCUT2D eigenvalue weighted by Gasteiger charge is 2.37. The average molecular weight is 412 g/mol. The van der Waals surface area contributed by atoms with Crippen LogP contribution in [0.25, 0.3) is 0 Å². The zero-order valence-electron chi connectivity index (χ0n) is 13.3. The van der Waals surface area contributed by atoms with Crippen LogP contribution < -0.4 is 10.6 Å². The molecule has 2 aromatic rings. The normalized spacial score (nSPS) is 11.9. The quantitative estimate of drug-likeness (QED) is 0.561. The molecule has 2 aromatic carbocycles. The van der Waals surface area contributed by atoms with Crippen molar-refractivity contribution in [1.29, 1.82) is 0 Å². The van der Waals surface area contributed by atoms with E-state index >= 15 is 0 Å². The zero-order chi connectivity index (χ0) is 21.3. The third-order valence-electron chi connectivity index (χ3n) is 3.23. The maximum atomic E-state index is 13.4. The van der Waals surface area contributed by atoms with E-state index in [2.05, 4.69) is 0 Å². The Labute approximate surface area is 151 Å². The first-order chi connectivity index (χ1) is 12.8. The van der Waals surface area contributed by atoms with E-state index in [0.717, 1.165) is 12.1 Å². The highest BCUT2D eigenvalue weighted by Crippen LogP contribution is 2.37. The Morgan fingerprint density at radius 2 is 1.21 bits per heavy atom. The number of hydrogen-bond acceptors (Lipinski definition) is 2. The van der Waals surface area contributed by atoms with Crippen LogP contribution in [0.5, 0.6) is 0 Å². The number of benzene rings is 2. The van der Waals surface area contributed by atoms with Gasteiger partial charge in [-0.15, -0.1) is 0 Å². The number of amides is 2. The van der Waals surface area contributed by atoms with Gasteiger partial charge in [-0.3, -0.25) is 9.59 Å². The highest BCUT2D eigenvalue weighted by atomic mass is 19.4. The van der Waals surface area contributed by atoms with E-state index in [1.807, 2.05) is 0 Å². The third kappa shape index (κ3) is 5.18. The van der Waals surface area contributed by atoms with Crippen LogP contribution in [0.1, 0.15) is 11.1 Å². The third-order valence-corrected chi connectivity index (χ3v) is 3.23. The van der Waals surface area contributed by atoms with Crippen molar-refractivity contribution in [1.82, 2.24) is 0 Å². The molecule has 2 rings (SSSR count). The topological polar surface area (TPSA) is 58.2 Å². The molecule has 12 heteroatoms. The number of halogens is 8. The molecule has 0 spiro atoms. The first-order valence-corrected chi connectivity index (χ1v) is 7.14. The lowest BCUT2D eigenvalue weighted by Gasteiger charge is -2.14. The van der Waals surface area contributed by atoms with Crippen LogP contribution in [0.4, 0.5) is 46.5 Å². The van der Waals surface area contributed by atoms with Gasteiger partial charge in [0.15, 0.2) is 0 Å². The van der Waals surface area contributed by atoms with Gasteiger partial charge in [0.1, 0.15) is 11.6 Å². The number of hydrogen-bond donors (Lipinski definition) is 2. The van der Waals surface area contributed by atoms with Gasteiger partial charge in [-0.2, -0.15) is 26.3 Å². The van der Waals surface area contributed by atoms with Gasteiger partial charge in [-0.1, -0.05) is 0 Å². The van der Waals surface area contributed by atoms with E-state index < -0.39 is 58.3 Å². The molecule has 0 radical (unpaired) electrons. The highest BCUT2D eigenvalue weighted by molar-refractivity contribution is 6.43. The lowest BCUT2D eigenvalue weighted by molar-refractivity contribution is -0.143. The van der Waals surface area contributed by atoms with Crippen molar-refractivity contribution in [3.8, 4) is 0 Å². The number of carbonyl (C=O) groups excluding carboxylic acids is 2. The number of alkyl halides is 6. The minimum atomic E-state index is -5.15. The minimum Gasteiger partial charge on any atom is -0.318 e. The Morgan fingerprint density at radius 3 is 1.68 bits per heavy atom. The van der Waals surface area contributed by atoms with Gasteiger partial charge in [0.05, 0.1) is 16.8 Å². The molecule has 4 nitrogen and oxygen atoms in total. The number of rotatable bonds is 2. The van der Waals surface area contributed by atoms with Gasteiger partial charge in [-0.25, -0.2) is 8.78 Å². The molecule has 0 saturated carbocycles. The lowest BCUT2D eigenvalue weighted by atomic mass is 10.1. The minimum absolute atomic E-state index is 0.163. The van der Waals surface area contributed by atoms with Gasteiger partial charge < -0.3 is 10.6 Å². The van der Waals surface area contributed by atoms with Crippen LogP contribution in [0, 0.1) is 11.6 Å². The first-order valence-electron chi connectivity index (χ1n) is 7.14. The van der Waals surface area contributed by atoms with E-state index in [9.17, 15) is 44.7 Å². The molecule has 0 bridgehead atoms. The van der Waals surface area contributed by atoms with E-state index in [-0.39, 0.29) is 18.2 Å². The van der Waals surface area contributed by atoms with Crippen molar-refractivity contribution in [2.24, 2.45) is 0 Å². The Hall–Kier alpha value is -3.18. The van der Waals surface area contributed by atoms with Crippen LogP contribution in [0.2, 0.25) is 0 Å². The molecule has 2 amide bonds. The van der Waals surface area contributed by atoms with E-state index in [1.54, 1.807) is 10.6 Å². The summed E-state index contributed by atoms with van der Waals surface area (Å²) in [6, 6.07) is 2.12. The van der Waals surface area contributed by atoms with Crippen LogP contribution in [-0.2, 0) is 21.9 Å². The monoisotopic (exact) mass is 412 g/mol. The van der Waals surface area contributed by atoms with E-state index in [4.69, 9.17) is 0 Å². The van der Waals surface area contributed by atoms with Gasteiger partial charge in [-0.05, 0) is 30.3 Å². The maximum absolute atomic E-state index is 13.4. The zero-order valence-corrected chi connectivity index (χ0v) is 13.3. The fraction of sp³-hybridized carbons (Fsp3) is 0.125. The van der Waals surface area contributed by atoms with Crippen molar-refractivity contribution in [3.05, 3.63) is 59.2 Å². The summed E-state index contributed by atoms with van der Waals surface area (Å²) in [7, 11) is 0. The van der Waals surface area contributed by atoms with Crippen molar-refractivity contribution < 1.29 is 44.7 Å². The van der Waals surface area contributed by atoms with E-state index in [1.165, 1.54) is 0 Å². The molecular weight excluding hydrogens is 404 g/mol. The second-order valence-electron chi connectivity index (χ2n) is 5.33. The second-order valence-corrected chi connectivity index (χ2v) is 5.33. The standard InChI is InChI=1S/C16H8F8N2O2/c17-9-1-2-12(11(18)6-9)26-14(28)13(27)25-10-4-7(15(19,20)21)3-8(5-10)16(22,23)24/h1-6H,(H,25,27)(H,26,28). The van der Waals surface area contributed by atoms with Crippen LogP contribution in [0.15, 0.2) is 36.4 Å². The average Bonchev–Trinajstić information content (AvgIpc) is 2.55. The van der Waals surface area contributed by atoms with Crippen molar-refractivity contribution in [2.75, 3.05) is 10.6 Å². The van der Waals surface area contributed by atoms with Gasteiger partial charge in [0.2, 0.25) is 0 Å². The Morgan fingerprint density at radius 1 is 0.714 bits per heavy atom. The van der Waals surface area contributed by atoms with Crippen LogP contribution >= 0.6 is 0 Å². The Bertz CT molecular complexity index is 890. The number of anilines is 2. The molecule has 2 N–H and O–H groups in total. The summed E-state index contributed by atoms with van der Waals surface area (Å²) in [5.74, 6) is -5.50. The van der Waals surface area contributed by atoms with Gasteiger partial charge in [0, 0.05) is 11.8 Å². The molecule has 0 fully saturated rings. The first kappa shape index (κ1) is 21.1. The summed E-state index contributed by atoms with van der Waals surface area (Å²) >= 11 is 0. The summed E-state index contributed by atoms with van der Waals surface area (Å²) in [4.78, 5) is 23.4. The molecular formula is C16H8F8N2O2.